The van der Waals surface area contributed by atoms with E-state index in [1.165, 1.54) is 51.1 Å². The molecule has 1 N–H and O–H groups in total. The van der Waals surface area contributed by atoms with Gasteiger partial charge in [0.25, 0.3) is 0 Å². The maximum Gasteiger partial charge on any atom is 0.00212 e. The van der Waals surface area contributed by atoms with Crippen molar-refractivity contribution in [3.05, 3.63) is 41.2 Å². The van der Waals surface area contributed by atoms with Gasteiger partial charge in [0.05, 0.1) is 0 Å². The van der Waals surface area contributed by atoms with E-state index in [0.717, 1.165) is 0 Å². The summed E-state index contributed by atoms with van der Waals surface area (Å²) in [6.45, 7) is 8.52. The quantitative estimate of drug-likeness (QED) is 0.901. The molecule has 1 aromatic carbocycles. The van der Waals surface area contributed by atoms with Crippen molar-refractivity contribution in [3.63, 3.8) is 0 Å². The van der Waals surface area contributed by atoms with Gasteiger partial charge in [-0.05, 0) is 43.8 Å². The second kappa shape index (κ2) is 6.47. The van der Waals surface area contributed by atoms with Crippen molar-refractivity contribution in [1.29, 1.82) is 0 Å². The molecule has 0 aliphatic carbocycles. The number of rotatable bonds is 5. The lowest BCUT2D eigenvalue weighted by Crippen LogP contribution is -2.58. The fourth-order valence-corrected chi connectivity index (χ4v) is 3.93. The van der Waals surface area contributed by atoms with Gasteiger partial charge in [0.1, 0.15) is 0 Å². The van der Waals surface area contributed by atoms with Crippen molar-refractivity contribution >= 4 is 0 Å². The number of nitrogens with zero attached hydrogens (tertiary/aromatic N) is 2. The molecule has 3 nitrogen and oxygen atoms in total. The first-order valence-corrected chi connectivity index (χ1v) is 8.29. The van der Waals surface area contributed by atoms with Crippen LogP contribution in [0, 0.1) is 11.3 Å². The minimum Gasteiger partial charge on any atom is -0.658 e. The van der Waals surface area contributed by atoms with E-state index in [0.29, 0.717) is 17.4 Å². The average molecular weight is 286 g/mol. The van der Waals surface area contributed by atoms with Crippen LogP contribution >= 0.6 is 0 Å². The Kier molecular flexibility index (Phi) is 4.63. The van der Waals surface area contributed by atoms with Crippen LogP contribution in [-0.4, -0.2) is 44.7 Å². The van der Waals surface area contributed by atoms with Crippen LogP contribution in [0.5, 0.6) is 0 Å². The molecular formula is C18H28N3-. The second-order valence-corrected chi connectivity index (χ2v) is 7.00. The predicted octanol–water partition coefficient (Wildman–Crippen LogP) is 3.05. The minimum atomic E-state index is 0.326. The molecule has 2 aliphatic rings. The highest BCUT2D eigenvalue weighted by atomic mass is 15.2. The Morgan fingerprint density at radius 2 is 1.86 bits per heavy atom. The van der Waals surface area contributed by atoms with Crippen LogP contribution in [0.15, 0.2) is 30.3 Å². The van der Waals surface area contributed by atoms with Crippen molar-refractivity contribution in [2.75, 3.05) is 39.8 Å². The first-order chi connectivity index (χ1) is 10.2. The summed E-state index contributed by atoms with van der Waals surface area (Å²) in [6, 6.07) is 11.1. The van der Waals surface area contributed by atoms with E-state index in [1.807, 2.05) is 7.05 Å². The summed E-state index contributed by atoms with van der Waals surface area (Å²) in [5, 5.41) is 8.09. The number of nitrogens with one attached hydrogen (secondary N) is 1. The molecule has 2 saturated heterocycles. The summed E-state index contributed by atoms with van der Waals surface area (Å²) < 4.78 is 0. The third kappa shape index (κ3) is 3.31. The predicted molar refractivity (Wildman–Crippen MR) is 88.6 cm³/mol. The Labute approximate surface area is 129 Å². The molecule has 2 atom stereocenters. The zero-order valence-corrected chi connectivity index (χ0v) is 13.4. The van der Waals surface area contributed by atoms with E-state index in [2.05, 4.69) is 52.8 Å². The molecule has 0 aromatic heterocycles. The summed E-state index contributed by atoms with van der Waals surface area (Å²) in [7, 11) is 1.96. The van der Waals surface area contributed by atoms with Crippen LogP contribution in [0.2, 0.25) is 0 Å². The van der Waals surface area contributed by atoms with Crippen LogP contribution in [0.1, 0.15) is 31.4 Å². The van der Waals surface area contributed by atoms with Crippen LogP contribution in [0.4, 0.5) is 0 Å². The van der Waals surface area contributed by atoms with Crippen LogP contribution < -0.4 is 5.32 Å². The summed E-state index contributed by atoms with van der Waals surface area (Å²) in [4.78, 5) is 2.65. The lowest BCUT2D eigenvalue weighted by molar-refractivity contribution is 0.0483. The Morgan fingerprint density at radius 3 is 2.38 bits per heavy atom. The molecule has 1 spiro atoms. The minimum absolute atomic E-state index is 0.326. The monoisotopic (exact) mass is 286 g/mol. The molecule has 116 valence electrons. The van der Waals surface area contributed by atoms with E-state index in [-0.39, 0.29) is 0 Å². The highest BCUT2D eigenvalue weighted by molar-refractivity contribution is 5.23. The van der Waals surface area contributed by atoms with Crippen LogP contribution in [0.25, 0.3) is 5.32 Å². The maximum absolute atomic E-state index is 4.64. The molecule has 1 aromatic rings. The first kappa shape index (κ1) is 15.0. The molecule has 2 aliphatic heterocycles. The zero-order chi connectivity index (χ0) is 14.7. The Balaban J connectivity index is 1.54. The van der Waals surface area contributed by atoms with Gasteiger partial charge in [-0.15, -0.1) is 6.04 Å². The van der Waals surface area contributed by atoms with Gasteiger partial charge in [0.2, 0.25) is 0 Å². The molecule has 3 heteroatoms. The number of benzene rings is 1. The van der Waals surface area contributed by atoms with Gasteiger partial charge in [0, 0.05) is 13.1 Å². The number of hydrogen-bond acceptors (Lipinski definition) is 2. The van der Waals surface area contributed by atoms with Crippen LogP contribution in [0.3, 0.4) is 0 Å². The van der Waals surface area contributed by atoms with Gasteiger partial charge in [0.15, 0.2) is 0 Å². The fourth-order valence-electron chi connectivity index (χ4n) is 3.93. The molecule has 3 rings (SSSR count). The van der Waals surface area contributed by atoms with Crippen molar-refractivity contribution in [3.8, 4) is 0 Å². The molecule has 0 bridgehead atoms. The van der Waals surface area contributed by atoms with Gasteiger partial charge >= 0.3 is 0 Å². The number of likely N-dealkylation sites (tertiary alicyclic amines) is 1. The summed E-state index contributed by atoms with van der Waals surface area (Å²) in [5.41, 5.74) is 2.00. The molecule has 0 unspecified atom stereocenters. The number of hydrogen-bond donors (Lipinski definition) is 1. The van der Waals surface area contributed by atoms with E-state index in [4.69, 9.17) is 0 Å². The average Bonchev–Trinajstić information content (AvgIpc) is 2.48. The van der Waals surface area contributed by atoms with Gasteiger partial charge in [-0.3, -0.25) is 0 Å². The van der Waals surface area contributed by atoms with Crippen molar-refractivity contribution in [2.45, 2.75) is 25.8 Å². The fraction of sp³-hybridized carbons (Fsp3) is 0.667. The van der Waals surface area contributed by atoms with Gasteiger partial charge < -0.3 is 15.5 Å². The first-order valence-electron chi connectivity index (χ1n) is 8.29. The van der Waals surface area contributed by atoms with E-state index < -0.39 is 0 Å². The van der Waals surface area contributed by atoms with Gasteiger partial charge in [-0.2, -0.15) is 7.05 Å². The third-order valence-corrected chi connectivity index (χ3v) is 5.42. The lowest BCUT2D eigenvalue weighted by atomic mass is 9.73. The van der Waals surface area contributed by atoms with Gasteiger partial charge in [-0.25, -0.2) is 0 Å². The highest BCUT2D eigenvalue weighted by Gasteiger charge is 2.39. The molecule has 2 heterocycles. The molecule has 0 radical (unpaired) electrons. The van der Waals surface area contributed by atoms with Crippen LogP contribution in [-0.2, 0) is 0 Å². The number of piperidine rings is 1. The Morgan fingerprint density at radius 1 is 1.19 bits per heavy atom. The van der Waals surface area contributed by atoms with Crippen molar-refractivity contribution in [2.24, 2.45) is 11.3 Å². The smallest absolute Gasteiger partial charge is 0.00212 e. The van der Waals surface area contributed by atoms with E-state index in [1.54, 1.807) is 0 Å². The van der Waals surface area contributed by atoms with Crippen molar-refractivity contribution in [1.82, 2.24) is 10.2 Å². The normalized spacial score (nSPS) is 24.5. The topological polar surface area (TPSA) is 29.4 Å². The molecule has 0 saturated carbocycles. The zero-order valence-electron chi connectivity index (χ0n) is 13.4. The second-order valence-electron chi connectivity index (χ2n) is 7.00. The molecule has 21 heavy (non-hydrogen) atoms. The van der Waals surface area contributed by atoms with Crippen molar-refractivity contribution < 1.29 is 0 Å². The Bertz CT molecular complexity index is 431. The Hall–Kier alpha value is -0.900. The lowest BCUT2D eigenvalue weighted by Gasteiger charge is -2.49. The van der Waals surface area contributed by atoms with E-state index in [9.17, 15) is 0 Å². The molecule has 0 amide bonds. The largest absolute Gasteiger partial charge is 0.658 e. The third-order valence-electron chi connectivity index (χ3n) is 5.42. The maximum atomic E-state index is 4.64. The molecule has 2 fully saturated rings. The summed E-state index contributed by atoms with van der Waals surface area (Å²) >= 11 is 0. The SMILES string of the molecule is C[N-][C@@H](c1ccccc1)[C@@H](C)CN1CCC2(CC1)CNC2. The summed E-state index contributed by atoms with van der Waals surface area (Å²) in [6.07, 6.45) is 2.73. The van der Waals surface area contributed by atoms with Gasteiger partial charge in [-0.1, -0.05) is 42.8 Å². The molecular weight excluding hydrogens is 258 g/mol. The van der Waals surface area contributed by atoms with E-state index >= 15 is 0 Å². The summed E-state index contributed by atoms with van der Waals surface area (Å²) in [5.74, 6) is 0.575. The standard InChI is InChI=1S/C18H28N3/c1-15(17(19-2)16-6-4-3-5-7-16)12-21-10-8-18(9-11-21)13-20-14-18/h3-7,15,17,20H,8-14H2,1-2H3/q-1/t15-,17+/m0/s1. The highest BCUT2D eigenvalue weighted by Crippen LogP contribution is 2.36.